The van der Waals surface area contributed by atoms with Gasteiger partial charge in [-0.1, -0.05) is 11.6 Å². The molecule has 0 bridgehead atoms. The van der Waals surface area contributed by atoms with E-state index in [-0.39, 0.29) is 10.9 Å². The van der Waals surface area contributed by atoms with Gasteiger partial charge in [0.05, 0.1) is 5.02 Å². The molecule has 1 saturated heterocycles. The van der Waals surface area contributed by atoms with Crippen molar-refractivity contribution in [3.8, 4) is 0 Å². The van der Waals surface area contributed by atoms with Crippen LogP contribution in [0.3, 0.4) is 0 Å². The number of amides is 2. The number of nitrogens with zero attached hydrogens (tertiary/aromatic N) is 1. The largest absolute Gasteiger partial charge is 0.380 e. The number of nitrogens with one attached hydrogen (secondary N) is 1. The summed E-state index contributed by atoms with van der Waals surface area (Å²) in [4.78, 5) is 25.8. The van der Waals surface area contributed by atoms with Crippen molar-refractivity contribution in [3.05, 3.63) is 29.0 Å². The van der Waals surface area contributed by atoms with Crippen LogP contribution in [0.4, 0.5) is 10.1 Å². The van der Waals surface area contributed by atoms with Gasteiger partial charge in [0.25, 0.3) is 5.91 Å². The molecule has 2 amide bonds. The summed E-state index contributed by atoms with van der Waals surface area (Å²) < 4.78 is 13.2. The fourth-order valence-corrected chi connectivity index (χ4v) is 2.93. The zero-order chi connectivity index (χ0) is 15.9. The van der Waals surface area contributed by atoms with Gasteiger partial charge in [-0.05, 0) is 43.9 Å². The van der Waals surface area contributed by atoms with E-state index in [2.05, 4.69) is 5.32 Å². The number of aliphatic hydroxyl groups is 1. The number of benzene rings is 1. The molecule has 1 aromatic rings. The van der Waals surface area contributed by atoms with Crippen LogP contribution in [0.25, 0.3) is 0 Å². The Balaban J connectivity index is 1.69. The first-order valence-electron chi connectivity index (χ1n) is 7.20. The van der Waals surface area contributed by atoms with E-state index in [1.54, 1.807) is 0 Å². The van der Waals surface area contributed by atoms with Crippen molar-refractivity contribution in [2.45, 2.75) is 37.3 Å². The molecular weight excluding hydrogens is 311 g/mol. The van der Waals surface area contributed by atoms with E-state index >= 15 is 0 Å². The van der Waals surface area contributed by atoms with Crippen LogP contribution in [0.5, 0.6) is 0 Å². The van der Waals surface area contributed by atoms with Crippen molar-refractivity contribution >= 4 is 29.1 Å². The molecule has 1 atom stereocenters. The van der Waals surface area contributed by atoms with Crippen LogP contribution >= 0.6 is 11.6 Å². The SMILES string of the molecule is O=C1[C@H](NC(=O)C2(O)CCC2)CCN1c1ccc(F)c(Cl)c1. The molecule has 3 rings (SSSR count). The maximum Gasteiger partial charge on any atom is 0.252 e. The first kappa shape index (κ1) is 15.2. The van der Waals surface area contributed by atoms with Crippen molar-refractivity contribution < 1.29 is 19.1 Å². The lowest BCUT2D eigenvalue weighted by Crippen LogP contribution is -2.55. The molecule has 1 aliphatic carbocycles. The minimum absolute atomic E-state index is 0.0541. The zero-order valence-electron chi connectivity index (χ0n) is 11.8. The van der Waals surface area contributed by atoms with Gasteiger partial charge in [0.15, 0.2) is 0 Å². The van der Waals surface area contributed by atoms with E-state index in [0.29, 0.717) is 31.5 Å². The Morgan fingerprint density at radius 3 is 2.77 bits per heavy atom. The maximum atomic E-state index is 13.2. The molecule has 0 unspecified atom stereocenters. The summed E-state index contributed by atoms with van der Waals surface area (Å²) in [6, 6.07) is 3.40. The first-order chi connectivity index (χ1) is 10.4. The molecule has 118 valence electrons. The lowest BCUT2D eigenvalue weighted by Gasteiger charge is -2.35. The van der Waals surface area contributed by atoms with Crippen LogP contribution in [-0.4, -0.2) is 35.1 Å². The number of halogens is 2. The van der Waals surface area contributed by atoms with Gasteiger partial charge in [-0.2, -0.15) is 0 Å². The third-order valence-corrected chi connectivity index (χ3v) is 4.62. The summed E-state index contributed by atoms with van der Waals surface area (Å²) in [5.74, 6) is -1.32. The van der Waals surface area contributed by atoms with Gasteiger partial charge in [-0.15, -0.1) is 0 Å². The van der Waals surface area contributed by atoms with Crippen molar-refractivity contribution in [1.82, 2.24) is 5.32 Å². The number of hydrogen-bond acceptors (Lipinski definition) is 3. The molecule has 0 aromatic heterocycles. The van der Waals surface area contributed by atoms with E-state index in [9.17, 15) is 19.1 Å². The summed E-state index contributed by atoms with van der Waals surface area (Å²) in [6.07, 6.45) is 2.10. The predicted molar refractivity (Wildman–Crippen MR) is 79.1 cm³/mol. The van der Waals surface area contributed by atoms with E-state index in [0.717, 1.165) is 6.42 Å². The Bertz CT molecular complexity index is 633. The van der Waals surface area contributed by atoms with Crippen molar-refractivity contribution in [1.29, 1.82) is 0 Å². The van der Waals surface area contributed by atoms with Crippen LogP contribution < -0.4 is 10.2 Å². The second-order valence-electron chi connectivity index (χ2n) is 5.79. The van der Waals surface area contributed by atoms with Crippen LogP contribution in [0.15, 0.2) is 18.2 Å². The molecule has 2 aliphatic rings. The molecule has 1 saturated carbocycles. The average Bonchev–Trinajstić information content (AvgIpc) is 2.80. The van der Waals surface area contributed by atoms with Gasteiger partial charge in [-0.3, -0.25) is 9.59 Å². The Morgan fingerprint density at radius 2 is 2.18 bits per heavy atom. The van der Waals surface area contributed by atoms with E-state index in [4.69, 9.17) is 11.6 Å². The van der Waals surface area contributed by atoms with Gasteiger partial charge in [0.2, 0.25) is 5.91 Å². The fourth-order valence-electron chi connectivity index (χ4n) is 2.75. The predicted octanol–water partition coefficient (Wildman–Crippen LogP) is 1.62. The summed E-state index contributed by atoms with van der Waals surface area (Å²) in [5.41, 5.74) is -0.831. The highest BCUT2D eigenvalue weighted by Crippen LogP contribution is 2.32. The van der Waals surface area contributed by atoms with E-state index in [1.165, 1.54) is 23.1 Å². The van der Waals surface area contributed by atoms with Crippen LogP contribution in [-0.2, 0) is 9.59 Å². The summed E-state index contributed by atoms with van der Waals surface area (Å²) in [7, 11) is 0. The molecule has 2 fully saturated rings. The monoisotopic (exact) mass is 326 g/mol. The van der Waals surface area contributed by atoms with E-state index < -0.39 is 23.4 Å². The highest BCUT2D eigenvalue weighted by Gasteiger charge is 2.44. The fraction of sp³-hybridized carbons (Fsp3) is 0.467. The van der Waals surface area contributed by atoms with Crippen molar-refractivity contribution in [3.63, 3.8) is 0 Å². The standard InChI is InChI=1S/C15H16ClFN2O3/c16-10-8-9(2-3-11(10)17)19-7-4-12(13(19)20)18-14(21)15(22)5-1-6-15/h2-3,8,12,22H,1,4-7H2,(H,18,21)/t12-/m1/s1. The van der Waals surface area contributed by atoms with Gasteiger partial charge >= 0.3 is 0 Å². The van der Waals surface area contributed by atoms with Gasteiger partial charge in [-0.25, -0.2) is 4.39 Å². The van der Waals surface area contributed by atoms with Crippen molar-refractivity contribution in [2.24, 2.45) is 0 Å². The van der Waals surface area contributed by atoms with Crippen LogP contribution in [0.2, 0.25) is 5.02 Å². The summed E-state index contributed by atoms with van der Waals surface area (Å²) >= 11 is 5.73. The average molecular weight is 327 g/mol. The minimum atomic E-state index is -1.33. The number of carbonyl (C=O) groups is 2. The Kier molecular flexibility index (Phi) is 3.82. The molecule has 1 aromatic carbocycles. The third kappa shape index (κ3) is 2.57. The van der Waals surface area contributed by atoms with E-state index in [1.807, 2.05) is 0 Å². The molecule has 0 radical (unpaired) electrons. The van der Waals surface area contributed by atoms with Crippen molar-refractivity contribution in [2.75, 3.05) is 11.4 Å². The minimum Gasteiger partial charge on any atom is -0.380 e. The molecule has 1 heterocycles. The van der Waals surface area contributed by atoms with Gasteiger partial charge < -0.3 is 15.3 Å². The second kappa shape index (κ2) is 5.52. The van der Waals surface area contributed by atoms with Crippen LogP contribution in [0.1, 0.15) is 25.7 Å². The zero-order valence-corrected chi connectivity index (χ0v) is 12.6. The molecule has 1 aliphatic heterocycles. The highest BCUT2D eigenvalue weighted by atomic mass is 35.5. The molecule has 7 heteroatoms. The number of anilines is 1. The molecule has 5 nitrogen and oxygen atoms in total. The third-order valence-electron chi connectivity index (χ3n) is 4.33. The summed E-state index contributed by atoms with van der Waals surface area (Å²) in [5, 5.41) is 12.5. The normalized spacial score (nSPS) is 23.3. The maximum absolute atomic E-state index is 13.2. The quantitative estimate of drug-likeness (QED) is 0.886. The molecule has 2 N–H and O–H groups in total. The van der Waals surface area contributed by atoms with Gasteiger partial charge in [0, 0.05) is 12.2 Å². The molecule has 0 spiro atoms. The topological polar surface area (TPSA) is 69.6 Å². The Morgan fingerprint density at radius 1 is 1.45 bits per heavy atom. The molecular formula is C15H16ClFN2O3. The second-order valence-corrected chi connectivity index (χ2v) is 6.20. The summed E-state index contributed by atoms with van der Waals surface area (Å²) in [6.45, 7) is 0.407. The lowest BCUT2D eigenvalue weighted by molar-refractivity contribution is -0.150. The number of hydrogen-bond donors (Lipinski definition) is 2. The lowest BCUT2D eigenvalue weighted by atomic mass is 9.79. The number of rotatable bonds is 3. The van der Waals surface area contributed by atoms with Gasteiger partial charge in [0.1, 0.15) is 17.5 Å². The molecule has 22 heavy (non-hydrogen) atoms. The number of carbonyl (C=O) groups excluding carboxylic acids is 2. The smallest absolute Gasteiger partial charge is 0.252 e. The Hall–Kier alpha value is -1.66. The first-order valence-corrected chi connectivity index (χ1v) is 7.58. The Labute approximate surface area is 132 Å². The van der Waals surface area contributed by atoms with Crippen LogP contribution in [0, 0.1) is 5.82 Å². The highest BCUT2D eigenvalue weighted by molar-refractivity contribution is 6.31.